The first-order valence-electron chi connectivity index (χ1n) is 5.43. The molecule has 0 saturated carbocycles. The molecule has 0 aliphatic heterocycles. The van der Waals surface area contributed by atoms with Crippen LogP contribution in [0.2, 0.25) is 0 Å². The fourth-order valence-electron chi connectivity index (χ4n) is 1.53. The van der Waals surface area contributed by atoms with Gasteiger partial charge in [-0.25, -0.2) is 8.78 Å². The number of benzene rings is 1. The summed E-state index contributed by atoms with van der Waals surface area (Å²) in [5.41, 5.74) is 4.93. The molecule has 0 fully saturated rings. The van der Waals surface area contributed by atoms with Gasteiger partial charge >= 0.3 is 0 Å². The highest BCUT2D eigenvalue weighted by atomic mass is 19.1. The first-order chi connectivity index (χ1) is 8.99. The number of halogens is 2. The van der Waals surface area contributed by atoms with Crippen molar-refractivity contribution in [2.75, 3.05) is 5.73 Å². The molecular weight excluding hydrogens is 256 g/mol. The van der Waals surface area contributed by atoms with Crippen molar-refractivity contribution in [3.8, 4) is 0 Å². The predicted octanol–water partition coefficient (Wildman–Crippen LogP) is 1.77. The molecule has 2 rings (SSSR count). The van der Waals surface area contributed by atoms with E-state index in [-0.39, 0.29) is 12.2 Å². The maximum atomic E-state index is 13.6. The molecule has 5 nitrogen and oxygen atoms in total. The Hall–Kier alpha value is -2.44. The van der Waals surface area contributed by atoms with E-state index < -0.39 is 23.1 Å². The number of amides is 1. The highest BCUT2D eigenvalue weighted by Gasteiger charge is 2.19. The second-order valence-corrected chi connectivity index (χ2v) is 3.94. The molecule has 1 aromatic heterocycles. The fourth-order valence-corrected chi connectivity index (χ4v) is 1.53. The third-order valence-electron chi connectivity index (χ3n) is 2.45. The van der Waals surface area contributed by atoms with Crippen molar-refractivity contribution in [3.05, 3.63) is 46.9 Å². The van der Waals surface area contributed by atoms with E-state index in [9.17, 15) is 13.6 Å². The fraction of sp³-hybridized carbons (Fsp3) is 0.167. The van der Waals surface area contributed by atoms with E-state index in [0.717, 1.165) is 12.1 Å². The monoisotopic (exact) mass is 267 g/mol. The van der Waals surface area contributed by atoms with E-state index in [1.807, 2.05) is 0 Å². The van der Waals surface area contributed by atoms with Crippen molar-refractivity contribution in [1.82, 2.24) is 10.5 Å². The standard InChI is InChI=1S/C12H11F2N3O2/c1-6-4-7(19-17-6)5-16-12(18)10-8(13)2-3-9(15)11(10)14/h2-4H,5,15H2,1H3,(H,16,18). The molecule has 0 aliphatic carbocycles. The van der Waals surface area contributed by atoms with Crippen molar-refractivity contribution in [3.63, 3.8) is 0 Å². The number of nitrogens with zero attached hydrogens (tertiary/aromatic N) is 1. The second kappa shape index (κ2) is 5.05. The smallest absolute Gasteiger partial charge is 0.257 e. The Morgan fingerprint density at radius 1 is 1.47 bits per heavy atom. The topological polar surface area (TPSA) is 81.2 Å². The van der Waals surface area contributed by atoms with Gasteiger partial charge in [0.15, 0.2) is 11.6 Å². The van der Waals surface area contributed by atoms with Crippen molar-refractivity contribution in [2.24, 2.45) is 0 Å². The lowest BCUT2D eigenvalue weighted by molar-refractivity contribution is 0.0938. The maximum absolute atomic E-state index is 13.6. The Labute approximate surface area is 107 Å². The van der Waals surface area contributed by atoms with Crippen molar-refractivity contribution in [2.45, 2.75) is 13.5 Å². The predicted molar refractivity (Wildman–Crippen MR) is 63.2 cm³/mol. The number of rotatable bonds is 3. The average molecular weight is 267 g/mol. The molecule has 0 saturated heterocycles. The van der Waals surface area contributed by atoms with Gasteiger partial charge in [-0.2, -0.15) is 0 Å². The molecule has 0 aliphatic rings. The van der Waals surface area contributed by atoms with E-state index in [2.05, 4.69) is 10.5 Å². The number of aryl methyl sites for hydroxylation is 1. The summed E-state index contributed by atoms with van der Waals surface area (Å²) in [5, 5.41) is 5.95. The van der Waals surface area contributed by atoms with Gasteiger partial charge in [-0.1, -0.05) is 5.16 Å². The Kier molecular flexibility index (Phi) is 3.46. The quantitative estimate of drug-likeness (QED) is 0.830. The van der Waals surface area contributed by atoms with E-state index in [4.69, 9.17) is 10.3 Å². The minimum Gasteiger partial charge on any atom is -0.396 e. The van der Waals surface area contributed by atoms with Crippen LogP contribution in [-0.4, -0.2) is 11.1 Å². The highest BCUT2D eigenvalue weighted by Crippen LogP contribution is 2.18. The van der Waals surface area contributed by atoms with Gasteiger partial charge in [0.1, 0.15) is 11.4 Å². The largest absolute Gasteiger partial charge is 0.396 e. The number of hydrogen-bond donors (Lipinski definition) is 2. The van der Waals surface area contributed by atoms with Gasteiger partial charge in [0, 0.05) is 6.07 Å². The SMILES string of the molecule is Cc1cc(CNC(=O)c2c(F)ccc(N)c2F)on1. The Balaban J connectivity index is 2.14. The number of anilines is 1. The van der Waals surface area contributed by atoms with Crippen LogP contribution in [0.4, 0.5) is 14.5 Å². The number of nitrogen functional groups attached to an aromatic ring is 1. The van der Waals surface area contributed by atoms with Gasteiger partial charge in [-0.05, 0) is 19.1 Å². The van der Waals surface area contributed by atoms with Crippen LogP contribution in [-0.2, 0) is 6.54 Å². The minimum atomic E-state index is -1.08. The zero-order chi connectivity index (χ0) is 14.0. The molecule has 1 amide bonds. The van der Waals surface area contributed by atoms with Gasteiger partial charge < -0.3 is 15.6 Å². The molecule has 0 spiro atoms. The Bertz CT molecular complexity index is 625. The van der Waals surface area contributed by atoms with Crippen LogP contribution >= 0.6 is 0 Å². The maximum Gasteiger partial charge on any atom is 0.257 e. The zero-order valence-corrected chi connectivity index (χ0v) is 10.0. The number of hydrogen-bond acceptors (Lipinski definition) is 4. The summed E-state index contributed by atoms with van der Waals surface area (Å²) < 4.78 is 31.9. The lowest BCUT2D eigenvalue weighted by Gasteiger charge is -2.07. The lowest BCUT2D eigenvalue weighted by atomic mass is 10.1. The van der Waals surface area contributed by atoms with Gasteiger partial charge in [0.2, 0.25) is 0 Å². The summed E-state index contributed by atoms with van der Waals surface area (Å²) in [4.78, 5) is 11.7. The summed E-state index contributed by atoms with van der Waals surface area (Å²) in [5.74, 6) is -2.57. The van der Waals surface area contributed by atoms with Crippen LogP contribution in [0.3, 0.4) is 0 Å². The highest BCUT2D eigenvalue weighted by molar-refractivity contribution is 5.95. The number of nitrogens with two attached hydrogens (primary N) is 1. The van der Waals surface area contributed by atoms with Crippen molar-refractivity contribution < 1.29 is 18.1 Å². The van der Waals surface area contributed by atoms with Crippen LogP contribution < -0.4 is 11.1 Å². The molecule has 0 radical (unpaired) electrons. The van der Waals surface area contributed by atoms with E-state index in [1.165, 1.54) is 0 Å². The Morgan fingerprint density at radius 3 is 2.84 bits per heavy atom. The zero-order valence-electron chi connectivity index (χ0n) is 10.0. The van der Waals surface area contributed by atoms with Gasteiger partial charge in [-0.3, -0.25) is 4.79 Å². The lowest BCUT2D eigenvalue weighted by Crippen LogP contribution is -2.25. The normalized spacial score (nSPS) is 10.5. The molecule has 1 heterocycles. The molecule has 3 N–H and O–H groups in total. The first kappa shape index (κ1) is 13.0. The van der Waals surface area contributed by atoms with Crippen molar-refractivity contribution >= 4 is 11.6 Å². The van der Waals surface area contributed by atoms with Crippen molar-refractivity contribution in [1.29, 1.82) is 0 Å². The molecule has 1 aromatic carbocycles. The molecule has 100 valence electrons. The number of carbonyl (C=O) groups excluding carboxylic acids is 1. The molecular formula is C12H11F2N3O2. The van der Waals surface area contributed by atoms with E-state index in [0.29, 0.717) is 11.5 Å². The second-order valence-electron chi connectivity index (χ2n) is 3.94. The molecule has 7 heteroatoms. The van der Waals surface area contributed by atoms with Gasteiger partial charge in [0.05, 0.1) is 17.9 Å². The van der Waals surface area contributed by atoms with E-state index in [1.54, 1.807) is 13.0 Å². The Morgan fingerprint density at radius 2 is 2.21 bits per heavy atom. The third kappa shape index (κ3) is 2.70. The summed E-state index contributed by atoms with van der Waals surface area (Å²) in [7, 11) is 0. The number of carbonyl (C=O) groups is 1. The molecule has 19 heavy (non-hydrogen) atoms. The molecule has 0 bridgehead atoms. The van der Waals surface area contributed by atoms with Crippen LogP contribution in [0.5, 0.6) is 0 Å². The summed E-state index contributed by atoms with van der Waals surface area (Å²) in [6.45, 7) is 1.69. The average Bonchev–Trinajstić information content (AvgIpc) is 2.78. The molecule has 0 atom stereocenters. The first-order valence-corrected chi connectivity index (χ1v) is 5.43. The third-order valence-corrected chi connectivity index (χ3v) is 2.45. The van der Waals surface area contributed by atoms with Gasteiger partial charge in [-0.15, -0.1) is 0 Å². The van der Waals surface area contributed by atoms with Crippen LogP contribution in [0.15, 0.2) is 22.7 Å². The number of nitrogens with one attached hydrogen (secondary N) is 1. The number of aromatic nitrogens is 1. The molecule has 2 aromatic rings. The van der Waals surface area contributed by atoms with Crippen LogP contribution in [0.1, 0.15) is 21.8 Å². The molecule has 0 unspecified atom stereocenters. The summed E-state index contributed by atoms with van der Waals surface area (Å²) >= 11 is 0. The summed E-state index contributed by atoms with van der Waals surface area (Å²) in [6, 6.07) is 3.60. The minimum absolute atomic E-state index is 0.0205. The van der Waals surface area contributed by atoms with Crippen LogP contribution in [0, 0.1) is 18.6 Å². The van der Waals surface area contributed by atoms with Gasteiger partial charge in [0.25, 0.3) is 5.91 Å². The summed E-state index contributed by atoms with van der Waals surface area (Å²) in [6.07, 6.45) is 0. The van der Waals surface area contributed by atoms with E-state index >= 15 is 0 Å². The van der Waals surface area contributed by atoms with Crippen LogP contribution in [0.25, 0.3) is 0 Å².